The van der Waals surface area contributed by atoms with Crippen LogP contribution in [0.5, 0.6) is 5.75 Å². The molecule has 0 aliphatic carbocycles. The van der Waals surface area contributed by atoms with Crippen LogP contribution in [0.15, 0.2) is 18.2 Å². The summed E-state index contributed by atoms with van der Waals surface area (Å²) >= 11 is 5.71. The molecule has 2 amide bonds. The van der Waals surface area contributed by atoms with Crippen LogP contribution in [0.1, 0.15) is 10.4 Å². The summed E-state index contributed by atoms with van der Waals surface area (Å²) in [5.74, 6) is -0.954. The van der Waals surface area contributed by atoms with E-state index in [0.717, 1.165) is 0 Å². The predicted octanol–water partition coefficient (Wildman–Crippen LogP) is 0.864. The number of hydrogen-bond acceptors (Lipinski definition) is 3. The van der Waals surface area contributed by atoms with E-state index in [2.05, 4.69) is 5.32 Å². The van der Waals surface area contributed by atoms with E-state index in [1.165, 1.54) is 23.1 Å². The third-order valence-corrected chi connectivity index (χ3v) is 2.34. The molecule has 0 aliphatic rings. The zero-order valence-corrected chi connectivity index (χ0v) is 10.3. The number of halogens is 1. The molecule has 0 fully saturated rings. The number of phenols is 1. The van der Waals surface area contributed by atoms with Crippen molar-refractivity contribution in [1.29, 1.82) is 0 Å². The second kappa shape index (κ2) is 5.54. The molecule has 1 aromatic rings. The van der Waals surface area contributed by atoms with Crippen LogP contribution in [0.3, 0.4) is 0 Å². The predicted molar refractivity (Wildman–Crippen MR) is 64.1 cm³/mol. The Kier molecular flexibility index (Phi) is 4.34. The van der Waals surface area contributed by atoms with Gasteiger partial charge in [-0.05, 0) is 18.2 Å². The summed E-state index contributed by atoms with van der Waals surface area (Å²) in [7, 11) is 3.18. The van der Waals surface area contributed by atoms with E-state index in [9.17, 15) is 14.7 Å². The van der Waals surface area contributed by atoms with Crippen molar-refractivity contribution < 1.29 is 14.7 Å². The highest BCUT2D eigenvalue weighted by atomic mass is 35.5. The van der Waals surface area contributed by atoms with Gasteiger partial charge in [-0.15, -0.1) is 0 Å². The lowest BCUT2D eigenvalue weighted by atomic mass is 10.2. The summed E-state index contributed by atoms with van der Waals surface area (Å²) in [4.78, 5) is 24.3. The molecule has 2 N–H and O–H groups in total. The largest absolute Gasteiger partial charge is 0.507 e. The van der Waals surface area contributed by atoms with Gasteiger partial charge in [-0.3, -0.25) is 9.59 Å². The van der Waals surface area contributed by atoms with Crippen molar-refractivity contribution in [2.75, 3.05) is 20.6 Å². The van der Waals surface area contributed by atoms with Gasteiger partial charge in [0.05, 0.1) is 12.1 Å². The summed E-state index contributed by atoms with van der Waals surface area (Å²) in [5.41, 5.74) is 0.0454. The third-order valence-electron chi connectivity index (χ3n) is 2.10. The maximum Gasteiger partial charge on any atom is 0.255 e. The van der Waals surface area contributed by atoms with Crippen molar-refractivity contribution in [2.45, 2.75) is 0 Å². The smallest absolute Gasteiger partial charge is 0.255 e. The van der Waals surface area contributed by atoms with Gasteiger partial charge in [0.1, 0.15) is 5.75 Å². The van der Waals surface area contributed by atoms with E-state index in [0.29, 0.717) is 5.02 Å². The Morgan fingerprint density at radius 1 is 1.41 bits per heavy atom. The molecule has 0 aliphatic heterocycles. The highest BCUT2D eigenvalue weighted by Gasteiger charge is 2.13. The van der Waals surface area contributed by atoms with Crippen LogP contribution < -0.4 is 5.32 Å². The van der Waals surface area contributed by atoms with E-state index in [-0.39, 0.29) is 23.8 Å². The first-order chi connectivity index (χ1) is 7.91. The standard InChI is InChI=1S/C11H13ClN2O3/c1-14(2)10(16)6-13-11(17)8-5-7(12)3-4-9(8)15/h3-5,15H,6H2,1-2H3,(H,13,17). The molecule has 0 heterocycles. The molecule has 17 heavy (non-hydrogen) atoms. The summed E-state index contributed by atoms with van der Waals surface area (Å²) in [6.45, 7) is -0.127. The molecule has 92 valence electrons. The zero-order valence-electron chi connectivity index (χ0n) is 9.53. The lowest BCUT2D eigenvalue weighted by Gasteiger charge is -2.11. The van der Waals surface area contributed by atoms with Gasteiger partial charge in [-0.1, -0.05) is 11.6 Å². The van der Waals surface area contributed by atoms with Crippen molar-refractivity contribution in [1.82, 2.24) is 10.2 Å². The maximum absolute atomic E-state index is 11.6. The molecule has 0 unspecified atom stereocenters. The van der Waals surface area contributed by atoms with Gasteiger partial charge in [0.15, 0.2) is 0 Å². The Labute approximate surface area is 104 Å². The normalized spacial score (nSPS) is 9.82. The number of benzene rings is 1. The number of carbonyl (C=O) groups excluding carboxylic acids is 2. The van der Waals surface area contributed by atoms with Crippen LogP contribution in [0.2, 0.25) is 5.02 Å². The number of amides is 2. The number of nitrogens with one attached hydrogen (secondary N) is 1. The van der Waals surface area contributed by atoms with Crippen LogP contribution in [0.4, 0.5) is 0 Å². The minimum atomic E-state index is -0.541. The van der Waals surface area contributed by atoms with Gasteiger partial charge in [0, 0.05) is 19.1 Å². The molecule has 1 rings (SSSR count). The number of nitrogens with zero attached hydrogens (tertiary/aromatic N) is 1. The maximum atomic E-state index is 11.6. The van der Waals surface area contributed by atoms with Gasteiger partial charge in [-0.25, -0.2) is 0 Å². The highest BCUT2D eigenvalue weighted by Crippen LogP contribution is 2.21. The van der Waals surface area contributed by atoms with Crippen molar-refractivity contribution >= 4 is 23.4 Å². The number of aromatic hydroxyl groups is 1. The van der Waals surface area contributed by atoms with E-state index < -0.39 is 5.91 Å². The third kappa shape index (κ3) is 3.64. The quantitative estimate of drug-likeness (QED) is 0.843. The average molecular weight is 257 g/mol. The van der Waals surface area contributed by atoms with Gasteiger partial charge >= 0.3 is 0 Å². The van der Waals surface area contributed by atoms with Crippen LogP contribution in [0, 0.1) is 0 Å². The lowest BCUT2D eigenvalue weighted by molar-refractivity contribution is -0.127. The van der Waals surface area contributed by atoms with Gasteiger partial charge < -0.3 is 15.3 Å². The molecule has 0 saturated carbocycles. The van der Waals surface area contributed by atoms with E-state index in [1.807, 2.05) is 0 Å². The van der Waals surface area contributed by atoms with Gasteiger partial charge in [0.2, 0.25) is 5.91 Å². The van der Waals surface area contributed by atoms with Crippen molar-refractivity contribution in [2.24, 2.45) is 0 Å². The molecule has 0 aromatic heterocycles. The highest BCUT2D eigenvalue weighted by molar-refractivity contribution is 6.31. The number of hydrogen-bond donors (Lipinski definition) is 2. The van der Waals surface area contributed by atoms with Crippen molar-refractivity contribution in [3.05, 3.63) is 28.8 Å². The fourth-order valence-electron chi connectivity index (χ4n) is 1.10. The molecule has 1 aromatic carbocycles. The second-order valence-corrected chi connectivity index (χ2v) is 4.07. The fourth-order valence-corrected chi connectivity index (χ4v) is 1.27. The SMILES string of the molecule is CN(C)C(=O)CNC(=O)c1cc(Cl)ccc1O. The van der Waals surface area contributed by atoms with Crippen LogP contribution >= 0.6 is 11.6 Å². The fraction of sp³-hybridized carbons (Fsp3) is 0.273. The molecular weight excluding hydrogens is 244 g/mol. The Hall–Kier alpha value is -1.75. The van der Waals surface area contributed by atoms with E-state index >= 15 is 0 Å². The first kappa shape index (κ1) is 13.3. The van der Waals surface area contributed by atoms with Crippen LogP contribution in [-0.4, -0.2) is 42.5 Å². The zero-order chi connectivity index (χ0) is 13.0. The minimum Gasteiger partial charge on any atom is -0.507 e. The topological polar surface area (TPSA) is 69.6 Å². The molecular formula is C11H13ClN2O3. The number of likely N-dealkylation sites (N-methyl/N-ethyl adjacent to an activating group) is 1. The van der Waals surface area contributed by atoms with Gasteiger partial charge in [0.25, 0.3) is 5.91 Å². The van der Waals surface area contributed by atoms with Crippen LogP contribution in [0.25, 0.3) is 0 Å². The molecule has 0 radical (unpaired) electrons. The van der Waals surface area contributed by atoms with E-state index in [4.69, 9.17) is 11.6 Å². The van der Waals surface area contributed by atoms with Crippen molar-refractivity contribution in [3.63, 3.8) is 0 Å². The van der Waals surface area contributed by atoms with Gasteiger partial charge in [-0.2, -0.15) is 0 Å². The molecule has 0 saturated heterocycles. The summed E-state index contributed by atoms with van der Waals surface area (Å²) in [6.07, 6.45) is 0. The van der Waals surface area contributed by atoms with Crippen molar-refractivity contribution in [3.8, 4) is 5.75 Å². The monoisotopic (exact) mass is 256 g/mol. The molecule has 0 atom stereocenters. The lowest BCUT2D eigenvalue weighted by Crippen LogP contribution is -2.36. The van der Waals surface area contributed by atoms with E-state index in [1.54, 1.807) is 14.1 Å². The molecule has 5 nitrogen and oxygen atoms in total. The first-order valence-corrected chi connectivity index (χ1v) is 5.26. The Balaban J connectivity index is 2.70. The Morgan fingerprint density at radius 2 is 2.06 bits per heavy atom. The molecule has 6 heteroatoms. The summed E-state index contributed by atoms with van der Waals surface area (Å²) in [5, 5.41) is 12.2. The average Bonchev–Trinajstić information content (AvgIpc) is 2.28. The number of phenolic OH excluding ortho intramolecular Hbond substituents is 1. The minimum absolute atomic E-state index is 0.0454. The number of carbonyl (C=O) groups is 2. The Morgan fingerprint density at radius 3 is 2.65 bits per heavy atom. The summed E-state index contributed by atoms with van der Waals surface area (Å²) in [6, 6.07) is 4.13. The number of rotatable bonds is 3. The van der Waals surface area contributed by atoms with Crippen LogP contribution in [-0.2, 0) is 4.79 Å². The summed E-state index contributed by atoms with van der Waals surface area (Å²) < 4.78 is 0. The molecule has 0 bridgehead atoms. The Bertz CT molecular complexity index is 446. The second-order valence-electron chi connectivity index (χ2n) is 3.63. The first-order valence-electron chi connectivity index (χ1n) is 4.88. The molecule has 0 spiro atoms.